The summed E-state index contributed by atoms with van der Waals surface area (Å²) in [4.78, 5) is 12.3. The largest absolute Gasteiger partial charge is 0.325 e. The van der Waals surface area contributed by atoms with E-state index in [1.54, 1.807) is 11.3 Å². The molecule has 4 rings (SSSR count). The van der Waals surface area contributed by atoms with Gasteiger partial charge in [-0.3, -0.25) is 9.20 Å². The number of hydrogen-bond donors (Lipinski definition) is 1. The number of anilines is 1. The van der Waals surface area contributed by atoms with Gasteiger partial charge in [-0.15, -0.1) is 21.5 Å². The van der Waals surface area contributed by atoms with Crippen LogP contribution in [0.1, 0.15) is 18.3 Å². The van der Waals surface area contributed by atoms with E-state index in [4.69, 9.17) is 0 Å². The molecular weight excluding hydrogens is 364 g/mol. The molecule has 3 aromatic heterocycles. The molecule has 1 amide bonds. The molecule has 0 saturated heterocycles. The van der Waals surface area contributed by atoms with Crippen LogP contribution in [0.3, 0.4) is 0 Å². The number of nitrogens with zero attached hydrogens (tertiary/aromatic N) is 3. The Kier molecular flexibility index (Phi) is 4.65. The average Bonchev–Trinajstić information content (AvgIpc) is 3.22. The van der Waals surface area contributed by atoms with Crippen molar-refractivity contribution in [1.29, 1.82) is 0 Å². The molecule has 0 aliphatic rings. The molecule has 0 aliphatic heterocycles. The summed E-state index contributed by atoms with van der Waals surface area (Å²) in [6.07, 6.45) is 0.945. The van der Waals surface area contributed by atoms with Crippen molar-refractivity contribution >= 4 is 50.4 Å². The molecule has 0 aliphatic carbocycles. The Morgan fingerprint density at radius 3 is 2.96 bits per heavy atom. The lowest BCUT2D eigenvalue weighted by atomic mass is 10.1. The third kappa shape index (κ3) is 3.20. The molecule has 0 saturated carbocycles. The maximum Gasteiger partial charge on any atom is 0.234 e. The Morgan fingerprint density at radius 1 is 1.23 bits per heavy atom. The number of aryl methyl sites for hydroxylation is 2. The van der Waals surface area contributed by atoms with Gasteiger partial charge in [0.1, 0.15) is 10.9 Å². The van der Waals surface area contributed by atoms with Gasteiger partial charge in [0.15, 0.2) is 0 Å². The maximum absolute atomic E-state index is 12.3. The fraction of sp³-hybridized carbons (Fsp3) is 0.211. The Bertz CT molecular complexity index is 1100. The van der Waals surface area contributed by atoms with E-state index in [9.17, 15) is 4.79 Å². The van der Waals surface area contributed by atoms with Crippen LogP contribution in [-0.2, 0) is 11.2 Å². The number of benzene rings is 1. The number of nitrogens with one attached hydrogen (secondary N) is 1. The second-order valence-corrected chi connectivity index (χ2v) is 7.89. The van der Waals surface area contributed by atoms with Crippen LogP contribution in [0.15, 0.2) is 46.8 Å². The number of carbonyl (C=O) groups excluding carboxylic acids is 1. The fourth-order valence-corrected chi connectivity index (χ4v) is 4.49. The standard InChI is InChI=1S/C19H18N4OS2/c1-3-13-5-4-6-14(9-13)20-18(24)11-26-19-16-10-17-15(7-8-25-17)23(16)12(2)21-22-19/h4-10H,3,11H2,1-2H3,(H,20,24). The van der Waals surface area contributed by atoms with Crippen LogP contribution in [0, 0.1) is 6.92 Å². The molecular formula is C19H18N4OS2. The summed E-state index contributed by atoms with van der Waals surface area (Å²) in [7, 11) is 0. The molecule has 4 aromatic rings. The third-order valence-electron chi connectivity index (χ3n) is 4.21. The van der Waals surface area contributed by atoms with Crippen LogP contribution < -0.4 is 5.32 Å². The van der Waals surface area contributed by atoms with Gasteiger partial charge in [-0.25, -0.2) is 0 Å². The summed E-state index contributed by atoms with van der Waals surface area (Å²) in [5, 5.41) is 14.4. The summed E-state index contributed by atoms with van der Waals surface area (Å²) in [5.74, 6) is 1.10. The van der Waals surface area contributed by atoms with Crippen LogP contribution in [0.2, 0.25) is 0 Å². The van der Waals surface area contributed by atoms with Crippen molar-refractivity contribution in [1.82, 2.24) is 14.6 Å². The number of thioether (sulfide) groups is 1. The van der Waals surface area contributed by atoms with E-state index in [0.717, 1.165) is 34.0 Å². The van der Waals surface area contributed by atoms with Gasteiger partial charge in [0, 0.05) is 5.69 Å². The molecule has 0 radical (unpaired) electrons. The van der Waals surface area contributed by atoms with Crippen molar-refractivity contribution < 1.29 is 4.79 Å². The number of amides is 1. The Morgan fingerprint density at radius 2 is 2.12 bits per heavy atom. The number of aromatic nitrogens is 3. The van der Waals surface area contributed by atoms with Gasteiger partial charge in [0.2, 0.25) is 5.91 Å². The van der Waals surface area contributed by atoms with Crippen molar-refractivity contribution in [3.63, 3.8) is 0 Å². The first-order chi connectivity index (χ1) is 12.7. The van der Waals surface area contributed by atoms with Gasteiger partial charge >= 0.3 is 0 Å². The molecule has 7 heteroatoms. The average molecular weight is 383 g/mol. The minimum absolute atomic E-state index is 0.0443. The topological polar surface area (TPSA) is 59.3 Å². The predicted molar refractivity (Wildman–Crippen MR) is 108 cm³/mol. The molecule has 0 unspecified atom stereocenters. The smallest absolute Gasteiger partial charge is 0.234 e. The summed E-state index contributed by atoms with van der Waals surface area (Å²) in [6.45, 7) is 4.04. The lowest BCUT2D eigenvalue weighted by Crippen LogP contribution is -2.14. The number of fused-ring (bicyclic) bond motifs is 3. The minimum atomic E-state index is -0.0443. The van der Waals surface area contributed by atoms with Crippen molar-refractivity contribution in [2.24, 2.45) is 0 Å². The Hall–Kier alpha value is -2.38. The summed E-state index contributed by atoms with van der Waals surface area (Å²) >= 11 is 3.11. The van der Waals surface area contributed by atoms with Crippen molar-refractivity contribution in [2.75, 3.05) is 11.1 Å². The summed E-state index contributed by atoms with van der Waals surface area (Å²) in [6, 6.07) is 12.1. The third-order valence-corrected chi connectivity index (χ3v) is 6.03. The molecule has 132 valence electrons. The zero-order valence-corrected chi connectivity index (χ0v) is 16.2. The van der Waals surface area contributed by atoms with E-state index in [1.807, 2.05) is 25.1 Å². The number of rotatable bonds is 5. The zero-order chi connectivity index (χ0) is 18.1. The van der Waals surface area contributed by atoms with Crippen LogP contribution >= 0.6 is 23.1 Å². The highest BCUT2D eigenvalue weighted by atomic mass is 32.2. The van der Waals surface area contributed by atoms with Gasteiger partial charge in [-0.1, -0.05) is 30.8 Å². The van der Waals surface area contributed by atoms with Crippen LogP contribution in [0.25, 0.3) is 15.7 Å². The van der Waals surface area contributed by atoms with Crippen molar-refractivity contribution in [3.8, 4) is 0 Å². The molecule has 0 bridgehead atoms. The van der Waals surface area contributed by atoms with Gasteiger partial charge in [-0.2, -0.15) is 0 Å². The molecule has 3 heterocycles. The van der Waals surface area contributed by atoms with E-state index in [-0.39, 0.29) is 5.91 Å². The van der Waals surface area contributed by atoms with Crippen molar-refractivity contribution in [2.45, 2.75) is 25.3 Å². The van der Waals surface area contributed by atoms with Crippen LogP contribution in [-0.4, -0.2) is 26.3 Å². The molecule has 0 atom stereocenters. The highest BCUT2D eigenvalue weighted by Gasteiger charge is 2.14. The first-order valence-corrected chi connectivity index (χ1v) is 10.3. The normalized spacial score (nSPS) is 11.3. The molecule has 26 heavy (non-hydrogen) atoms. The SMILES string of the molecule is CCc1cccc(NC(=O)CSc2nnc(C)n3c2cc2sccc23)c1. The molecule has 0 spiro atoms. The first-order valence-electron chi connectivity index (χ1n) is 8.39. The zero-order valence-electron chi connectivity index (χ0n) is 14.5. The number of thiophene rings is 1. The Balaban J connectivity index is 1.52. The first kappa shape index (κ1) is 17.1. The molecule has 0 fully saturated rings. The molecule has 5 nitrogen and oxygen atoms in total. The summed E-state index contributed by atoms with van der Waals surface area (Å²) in [5.41, 5.74) is 4.18. The Labute approximate surface area is 159 Å². The van der Waals surface area contributed by atoms with E-state index in [1.165, 1.54) is 22.0 Å². The van der Waals surface area contributed by atoms with E-state index in [0.29, 0.717) is 5.75 Å². The van der Waals surface area contributed by atoms with Crippen LogP contribution in [0.5, 0.6) is 0 Å². The van der Waals surface area contributed by atoms with Gasteiger partial charge in [-0.05, 0) is 48.6 Å². The van der Waals surface area contributed by atoms with E-state index in [2.05, 4.69) is 50.4 Å². The second-order valence-electron chi connectivity index (χ2n) is 5.98. The van der Waals surface area contributed by atoms with Crippen LogP contribution in [0.4, 0.5) is 5.69 Å². The lowest BCUT2D eigenvalue weighted by molar-refractivity contribution is -0.113. The minimum Gasteiger partial charge on any atom is -0.325 e. The van der Waals surface area contributed by atoms with E-state index < -0.39 is 0 Å². The van der Waals surface area contributed by atoms with Gasteiger partial charge < -0.3 is 5.32 Å². The maximum atomic E-state index is 12.3. The number of carbonyl (C=O) groups is 1. The number of hydrogen-bond acceptors (Lipinski definition) is 5. The highest BCUT2D eigenvalue weighted by Crippen LogP contribution is 2.30. The summed E-state index contributed by atoms with van der Waals surface area (Å²) < 4.78 is 3.30. The fourth-order valence-electron chi connectivity index (χ4n) is 2.95. The van der Waals surface area contributed by atoms with E-state index >= 15 is 0 Å². The quantitative estimate of drug-likeness (QED) is 0.515. The van der Waals surface area contributed by atoms with Crippen molar-refractivity contribution in [3.05, 3.63) is 53.2 Å². The highest BCUT2D eigenvalue weighted by molar-refractivity contribution is 8.00. The lowest BCUT2D eigenvalue weighted by Gasteiger charge is -2.08. The van der Waals surface area contributed by atoms with Gasteiger partial charge in [0.05, 0.1) is 21.5 Å². The van der Waals surface area contributed by atoms with Gasteiger partial charge in [0.25, 0.3) is 0 Å². The molecule has 1 aromatic carbocycles. The predicted octanol–water partition coefficient (Wildman–Crippen LogP) is 4.55. The second kappa shape index (κ2) is 7.09. The molecule has 1 N–H and O–H groups in total. The monoisotopic (exact) mass is 382 g/mol.